The van der Waals surface area contributed by atoms with Crippen LogP contribution < -0.4 is 5.32 Å². The normalized spacial score (nSPS) is 10.0. The topological polar surface area (TPSA) is 54.9 Å². The van der Waals surface area contributed by atoms with Crippen LogP contribution in [0.25, 0.3) is 0 Å². The van der Waals surface area contributed by atoms with Gasteiger partial charge in [-0.2, -0.15) is 0 Å². The SMILES string of the molecule is O=C(NCCc1cncs1)c1cccnc1. The quantitative estimate of drug-likeness (QED) is 0.871. The van der Waals surface area contributed by atoms with Crippen molar-refractivity contribution in [3.05, 3.63) is 46.7 Å². The summed E-state index contributed by atoms with van der Waals surface area (Å²) in [6.07, 6.45) is 5.84. The molecule has 1 N–H and O–H groups in total. The zero-order chi connectivity index (χ0) is 11.2. The fourth-order valence-corrected chi connectivity index (χ4v) is 1.86. The first-order valence-electron chi connectivity index (χ1n) is 4.92. The third kappa shape index (κ3) is 2.87. The van der Waals surface area contributed by atoms with Crippen molar-refractivity contribution >= 4 is 17.2 Å². The molecular weight excluding hydrogens is 222 g/mol. The smallest absolute Gasteiger partial charge is 0.252 e. The van der Waals surface area contributed by atoms with E-state index in [1.165, 1.54) is 4.88 Å². The number of carbonyl (C=O) groups is 1. The van der Waals surface area contributed by atoms with Crippen LogP contribution in [-0.2, 0) is 6.42 Å². The Morgan fingerprint density at radius 3 is 3.00 bits per heavy atom. The maximum absolute atomic E-state index is 11.6. The van der Waals surface area contributed by atoms with E-state index in [4.69, 9.17) is 0 Å². The third-order valence-electron chi connectivity index (χ3n) is 2.06. The first-order chi connectivity index (χ1) is 7.86. The molecule has 2 aromatic rings. The summed E-state index contributed by atoms with van der Waals surface area (Å²) in [4.78, 5) is 20.7. The number of nitrogens with one attached hydrogen (secondary N) is 1. The Kier molecular flexibility index (Phi) is 3.61. The van der Waals surface area contributed by atoms with E-state index in [1.54, 1.807) is 41.4 Å². The molecule has 2 heterocycles. The monoisotopic (exact) mass is 233 g/mol. The van der Waals surface area contributed by atoms with Crippen molar-refractivity contribution in [2.45, 2.75) is 6.42 Å². The summed E-state index contributed by atoms with van der Waals surface area (Å²) in [5.41, 5.74) is 2.38. The van der Waals surface area contributed by atoms with E-state index in [9.17, 15) is 4.79 Å². The zero-order valence-electron chi connectivity index (χ0n) is 8.59. The summed E-state index contributed by atoms with van der Waals surface area (Å²) in [5, 5.41) is 2.84. The predicted octanol–water partition coefficient (Wildman–Crippen LogP) is 1.51. The van der Waals surface area contributed by atoms with Crippen LogP contribution in [0.4, 0.5) is 0 Å². The largest absolute Gasteiger partial charge is 0.352 e. The molecule has 4 nitrogen and oxygen atoms in total. The van der Waals surface area contributed by atoms with Crippen molar-refractivity contribution in [2.75, 3.05) is 6.54 Å². The van der Waals surface area contributed by atoms with Gasteiger partial charge >= 0.3 is 0 Å². The second-order valence-electron chi connectivity index (χ2n) is 3.22. The van der Waals surface area contributed by atoms with Crippen molar-refractivity contribution in [1.29, 1.82) is 0 Å². The molecule has 0 aromatic carbocycles. The number of amides is 1. The molecule has 0 bridgehead atoms. The summed E-state index contributed by atoms with van der Waals surface area (Å²) in [6.45, 7) is 0.621. The van der Waals surface area contributed by atoms with Gasteiger partial charge in [-0.15, -0.1) is 11.3 Å². The molecule has 0 spiro atoms. The minimum atomic E-state index is -0.0855. The molecule has 0 aliphatic carbocycles. The summed E-state index contributed by atoms with van der Waals surface area (Å²) in [5.74, 6) is -0.0855. The van der Waals surface area contributed by atoms with Crippen LogP contribution in [-0.4, -0.2) is 22.4 Å². The van der Waals surface area contributed by atoms with E-state index in [2.05, 4.69) is 15.3 Å². The van der Waals surface area contributed by atoms with Crippen molar-refractivity contribution in [3.63, 3.8) is 0 Å². The van der Waals surface area contributed by atoms with Crippen molar-refractivity contribution in [2.24, 2.45) is 0 Å². The van der Waals surface area contributed by atoms with Crippen LogP contribution in [0.3, 0.4) is 0 Å². The first-order valence-corrected chi connectivity index (χ1v) is 5.80. The van der Waals surface area contributed by atoms with Crippen molar-refractivity contribution in [3.8, 4) is 0 Å². The zero-order valence-corrected chi connectivity index (χ0v) is 9.41. The highest BCUT2D eigenvalue weighted by Gasteiger charge is 2.03. The second-order valence-corrected chi connectivity index (χ2v) is 4.19. The molecule has 0 aliphatic rings. The Hall–Kier alpha value is -1.75. The van der Waals surface area contributed by atoms with Crippen LogP contribution in [0, 0.1) is 0 Å². The van der Waals surface area contributed by atoms with Gasteiger partial charge in [0.15, 0.2) is 0 Å². The molecular formula is C11H11N3OS. The number of aromatic nitrogens is 2. The lowest BCUT2D eigenvalue weighted by Crippen LogP contribution is -2.25. The van der Waals surface area contributed by atoms with Crippen molar-refractivity contribution < 1.29 is 4.79 Å². The molecule has 0 saturated heterocycles. The van der Waals surface area contributed by atoms with Gasteiger partial charge in [0.25, 0.3) is 5.91 Å². The Morgan fingerprint density at radius 1 is 1.38 bits per heavy atom. The maximum atomic E-state index is 11.6. The van der Waals surface area contributed by atoms with E-state index in [0.29, 0.717) is 12.1 Å². The summed E-state index contributed by atoms with van der Waals surface area (Å²) < 4.78 is 0. The van der Waals surface area contributed by atoms with Gasteiger partial charge in [-0.25, -0.2) is 0 Å². The number of rotatable bonds is 4. The molecule has 16 heavy (non-hydrogen) atoms. The average Bonchev–Trinajstić information content (AvgIpc) is 2.83. The molecule has 0 unspecified atom stereocenters. The minimum Gasteiger partial charge on any atom is -0.352 e. The van der Waals surface area contributed by atoms with Gasteiger partial charge in [-0.3, -0.25) is 14.8 Å². The van der Waals surface area contributed by atoms with Gasteiger partial charge < -0.3 is 5.32 Å². The fraction of sp³-hybridized carbons (Fsp3) is 0.182. The molecule has 0 fully saturated rings. The Bertz CT molecular complexity index is 442. The van der Waals surface area contributed by atoms with Crippen LogP contribution in [0.15, 0.2) is 36.2 Å². The predicted molar refractivity (Wildman–Crippen MR) is 62.4 cm³/mol. The van der Waals surface area contributed by atoms with E-state index in [-0.39, 0.29) is 5.91 Å². The van der Waals surface area contributed by atoms with Gasteiger partial charge in [0.1, 0.15) is 0 Å². The first kappa shape index (κ1) is 10.8. The lowest BCUT2D eigenvalue weighted by Gasteiger charge is -2.02. The highest BCUT2D eigenvalue weighted by molar-refractivity contribution is 7.09. The van der Waals surface area contributed by atoms with E-state index < -0.39 is 0 Å². The standard InChI is InChI=1S/C11H11N3OS/c15-11(9-2-1-4-12-6-9)14-5-3-10-7-13-8-16-10/h1-2,4,6-8H,3,5H2,(H,14,15). The van der Waals surface area contributed by atoms with Crippen LogP contribution >= 0.6 is 11.3 Å². The van der Waals surface area contributed by atoms with Gasteiger partial charge in [0.05, 0.1) is 11.1 Å². The fourth-order valence-electron chi connectivity index (χ4n) is 1.26. The molecule has 0 saturated carbocycles. The number of pyridine rings is 1. The highest BCUT2D eigenvalue weighted by atomic mass is 32.1. The molecule has 1 amide bonds. The number of carbonyl (C=O) groups excluding carboxylic acids is 1. The second kappa shape index (κ2) is 5.37. The third-order valence-corrected chi connectivity index (χ3v) is 2.90. The number of nitrogens with zero attached hydrogens (tertiary/aromatic N) is 2. The Morgan fingerprint density at radius 2 is 2.31 bits per heavy atom. The molecule has 5 heteroatoms. The maximum Gasteiger partial charge on any atom is 0.252 e. The Labute approximate surface area is 97.4 Å². The molecule has 82 valence electrons. The van der Waals surface area contributed by atoms with Gasteiger partial charge in [0.2, 0.25) is 0 Å². The number of thiazole rings is 1. The van der Waals surface area contributed by atoms with Crippen LogP contribution in [0.2, 0.25) is 0 Å². The van der Waals surface area contributed by atoms with Crippen molar-refractivity contribution in [1.82, 2.24) is 15.3 Å². The average molecular weight is 233 g/mol. The number of hydrogen-bond acceptors (Lipinski definition) is 4. The van der Waals surface area contributed by atoms with E-state index >= 15 is 0 Å². The molecule has 2 rings (SSSR count). The summed E-state index contributed by atoms with van der Waals surface area (Å²) in [6, 6.07) is 3.49. The molecule has 0 radical (unpaired) electrons. The minimum absolute atomic E-state index is 0.0855. The molecule has 0 aliphatic heterocycles. The molecule has 0 atom stereocenters. The lowest BCUT2D eigenvalue weighted by atomic mass is 10.2. The lowest BCUT2D eigenvalue weighted by molar-refractivity contribution is 0.0954. The number of hydrogen-bond donors (Lipinski definition) is 1. The molecule has 2 aromatic heterocycles. The summed E-state index contributed by atoms with van der Waals surface area (Å²) in [7, 11) is 0. The van der Waals surface area contributed by atoms with Gasteiger partial charge in [-0.05, 0) is 12.1 Å². The van der Waals surface area contributed by atoms with Crippen LogP contribution in [0.1, 0.15) is 15.2 Å². The van der Waals surface area contributed by atoms with E-state index in [1.807, 2.05) is 6.20 Å². The van der Waals surface area contributed by atoms with Crippen LogP contribution in [0.5, 0.6) is 0 Å². The summed E-state index contributed by atoms with van der Waals surface area (Å²) >= 11 is 1.60. The van der Waals surface area contributed by atoms with Gasteiger partial charge in [0, 0.05) is 36.4 Å². The van der Waals surface area contributed by atoms with Gasteiger partial charge in [-0.1, -0.05) is 0 Å². The Balaban J connectivity index is 1.81. The highest BCUT2D eigenvalue weighted by Crippen LogP contribution is 2.05. The van der Waals surface area contributed by atoms with E-state index in [0.717, 1.165) is 6.42 Å².